The van der Waals surface area contributed by atoms with Crippen LogP contribution < -0.4 is 0 Å². The van der Waals surface area contributed by atoms with Crippen LogP contribution in [0.5, 0.6) is 0 Å². The maximum Gasteiger partial charge on any atom is 0.331 e. The molecule has 9 heteroatoms. The Labute approximate surface area is 173 Å². The smallest absolute Gasteiger partial charge is 0.331 e. The fraction of sp³-hybridized carbons (Fsp3) is 0.238. The van der Waals surface area contributed by atoms with Crippen molar-refractivity contribution in [2.45, 2.75) is 11.5 Å². The Kier molecular flexibility index (Phi) is 5.93. The number of fused-ring (bicyclic) bond motifs is 1. The number of benzene rings is 2. The highest BCUT2D eigenvalue weighted by atomic mass is 32.2. The van der Waals surface area contributed by atoms with E-state index in [1.54, 1.807) is 18.2 Å². The van der Waals surface area contributed by atoms with Crippen molar-refractivity contribution in [1.29, 1.82) is 0 Å². The van der Waals surface area contributed by atoms with E-state index in [1.165, 1.54) is 28.6 Å². The summed E-state index contributed by atoms with van der Waals surface area (Å²) in [5.41, 5.74) is 1.90. The standard InChI is InChI=1S/C21H20N2O6S/c24-21(9-8-20-22-18-6-1-2-7-19(18)29-20)28-15-16-4-3-5-17(14-16)30(25,26)23-10-12-27-13-11-23/h1-9,14H,10-13,15H2/b9-8+. The lowest BCUT2D eigenvalue weighted by Crippen LogP contribution is -2.40. The predicted molar refractivity (Wildman–Crippen MR) is 109 cm³/mol. The van der Waals surface area contributed by atoms with Crippen LogP contribution in [0.4, 0.5) is 0 Å². The highest BCUT2D eigenvalue weighted by Crippen LogP contribution is 2.19. The Hall–Kier alpha value is -3.01. The van der Waals surface area contributed by atoms with Crippen molar-refractivity contribution in [3.05, 3.63) is 66.1 Å². The summed E-state index contributed by atoms with van der Waals surface area (Å²) in [6.45, 7) is 1.35. The largest absolute Gasteiger partial charge is 0.458 e. The number of nitrogens with zero attached hydrogens (tertiary/aromatic N) is 2. The van der Waals surface area contributed by atoms with Gasteiger partial charge in [0.15, 0.2) is 5.58 Å². The molecule has 0 saturated carbocycles. The average molecular weight is 428 g/mol. The van der Waals surface area contributed by atoms with Crippen molar-refractivity contribution in [2.24, 2.45) is 0 Å². The van der Waals surface area contributed by atoms with Gasteiger partial charge in [0.2, 0.25) is 15.9 Å². The van der Waals surface area contributed by atoms with Crippen LogP contribution in [0.3, 0.4) is 0 Å². The molecule has 0 amide bonds. The van der Waals surface area contributed by atoms with Crippen LogP contribution in [0.2, 0.25) is 0 Å². The molecule has 0 unspecified atom stereocenters. The summed E-state index contributed by atoms with van der Waals surface area (Å²) in [6.07, 6.45) is 2.65. The highest BCUT2D eigenvalue weighted by Gasteiger charge is 2.26. The summed E-state index contributed by atoms with van der Waals surface area (Å²) in [5, 5.41) is 0. The molecule has 0 atom stereocenters. The topological polar surface area (TPSA) is 98.9 Å². The third-order valence-corrected chi connectivity index (χ3v) is 6.45. The number of aromatic nitrogens is 1. The lowest BCUT2D eigenvalue weighted by atomic mass is 10.2. The molecule has 2 aromatic carbocycles. The number of oxazole rings is 1. The average Bonchev–Trinajstić information content (AvgIpc) is 3.20. The van der Waals surface area contributed by atoms with Crippen LogP contribution in [-0.2, 0) is 30.9 Å². The van der Waals surface area contributed by atoms with Crippen LogP contribution >= 0.6 is 0 Å². The zero-order valence-electron chi connectivity index (χ0n) is 16.1. The number of carbonyl (C=O) groups is 1. The normalized spacial score (nSPS) is 15.6. The van der Waals surface area contributed by atoms with Crippen molar-refractivity contribution in [3.63, 3.8) is 0 Å². The molecule has 1 fully saturated rings. The molecule has 0 spiro atoms. The maximum atomic E-state index is 12.7. The molecule has 156 valence electrons. The molecule has 0 radical (unpaired) electrons. The van der Waals surface area contributed by atoms with Gasteiger partial charge in [-0.3, -0.25) is 0 Å². The number of hydrogen-bond donors (Lipinski definition) is 0. The SMILES string of the molecule is O=C(/C=C/c1nc2ccccc2o1)OCc1cccc(S(=O)(=O)N2CCOCC2)c1. The maximum absolute atomic E-state index is 12.7. The van der Waals surface area contributed by atoms with Crippen molar-refractivity contribution >= 4 is 33.2 Å². The molecule has 1 saturated heterocycles. The molecule has 8 nitrogen and oxygen atoms in total. The minimum absolute atomic E-state index is 0.0524. The number of ether oxygens (including phenoxy) is 2. The first-order chi connectivity index (χ1) is 14.5. The first kappa shape index (κ1) is 20.3. The molecule has 2 heterocycles. The number of para-hydroxylation sites is 2. The zero-order valence-corrected chi connectivity index (χ0v) is 16.9. The monoisotopic (exact) mass is 428 g/mol. The molecule has 30 heavy (non-hydrogen) atoms. The number of sulfonamides is 1. The van der Waals surface area contributed by atoms with E-state index < -0.39 is 16.0 Å². The van der Waals surface area contributed by atoms with Crippen molar-refractivity contribution < 1.29 is 27.1 Å². The van der Waals surface area contributed by atoms with Gasteiger partial charge in [-0.05, 0) is 29.8 Å². The minimum atomic E-state index is -3.60. The number of rotatable bonds is 6. The fourth-order valence-electron chi connectivity index (χ4n) is 3.03. The van der Waals surface area contributed by atoms with Gasteiger partial charge in [-0.1, -0.05) is 24.3 Å². The lowest BCUT2D eigenvalue weighted by molar-refractivity contribution is -0.138. The summed E-state index contributed by atoms with van der Waals surface area (Å²) in [6, 6.07) is 13.7. The van der Waals surface area contributed by atoms with Gasteiger partial charge < -0.3 is 13.9 Å². The summed E-state index contributed by atoms with van der Waals surface area (Å²) in [4.78, 5) is 16.4. The third kappa shape index (κ3) is 4.59. The van der Waals surface area contributed by atoms with E-state index in [0.717, 1.165) is 0 Å². The van der Waals surface area contributed by atoms with E-state index >= 15 is 0 Å². The molecule has 0 bridgehead atoms. The van der Waals surface area contributed by atoms with Crippen LogP contribution in [-0.4, -0.2) is 50.0 Å². The quantitative estimate of drug-likeness (QED) is 0.440. The molecule has 0 N–H and O–H groups in total. The highest BCUT2D eigenvalue weighted by molar-refractivity contribution is 7.89. The van der Waals surface area contributed by atoms with Crippen LogP contribution in [0.25, 0.3) is 17.2 Å². The minimum Gasteiger partial charge on any atom is -0.458 e. The molecule has 1 aliphatic heterocycles. The molecule has 1 aromatic heterocycles. The van der Waals surface area contributed by atoms with Gasteiger partial charge in [-0.15, -0.1) is 0 Å². The van der Waals surface area contributed by atoms with Gasteiger partial charge in [0, 0.05) is 25.2 Å². The van der Waals surface area contributed by atoms with E-state index in [-0.39, 0.29) is 11.5 Å². The molecule has 1 aliphatic rings. The number of morpholine rings is 1. The number of hydrogen-bond acceptors (Lipinski definition) is 7. The van der Waals surface area contributed by atoms with Gasteiger partial charge in [0.1, 0.15) is 12.1 Å². The Balaban J connectivity index is 1.38. The summed E-state index contributed by atoms with van der Waals surface area (Å²) >= 11 is 0. The van der Waals surface area contributed by atoms with E-state index in [2.05, 4.69) is 4.98 Å². The number of carbonyl (C=O) groups excluding carboxylic acids is 1. The molecular weight excluding hydrogens is 408 g/mol. The molecule has 0 aliphatic carbocycles. The zero-order chi connectivity index (χ0) is 21.0. The summed E-state index contributed by atoms with van der Waals surface area (Å²) < 4.78 is 42.8. The van der Waals surface area contributed by atoms with Crippen molar-refractivity contribution in [1.82, 2.24) is 9.29 Å². The first-order valence-corrected chi connectivity index (χ1v) is 10.8. The van der Waals surface area contributed by atoms with Gasteiger partial charge in [0.25, 0.3) is 0 Å². The van der Waals surface area contributed by atoms with Gasteiger partial charge >= 0.3 is 5.97 Å². The number of esters is 1. The second-order valence-corrected chi connectivity index (χ2v) is 8.56. The summed E-state index contributed by atoms with van der Waals surface area (Å²) in [5.74, 6) is -0.287. The van der Waals surface area contributed by atoms with Crippen molar-refractivity contribution in [2.75, 3.05) is 26.3 Å². The Morgan fingerprint density at radius 3 is 2.73 bits per heavy atom. The first-order valence-electron chi connectivity index (χ1n) is 9.40. The van der Waals surface area contributed by atoms with E-state index in [0.29, 0.717) is 48.9 Å². The second-order valence-electron chi connectivity index (χ2n) is 6.62. The molecule has 3 aromatic rings. The van der Waals surface area contributed by atoms with Crippen LogP contribution in [0.15, 0.2) is 63.9 Å². The van der Waals surface area contributed by atoms with Crippen molar-refractivity contribution in [3.8, 4) is 0 Å². The van der Waals surface area contributed by atoms with E-state index in [4.69, 9.17) is 13.9 Å². The van der Waals surface area contributed by atoms with Gasteiger partial charge in [-0.25, -0.2) is 18.2 Å². The Morgan fingerprint density at radius 1 is 1.13 bits per heavy atom. The third-order valence-electron chi connectivity index (χ3n) is 4.56. The second kappa shape index (κ2) is 8.78. The van der Waals surface area contributed by atoms with E-state index in [9.17, 15) is 13.2 Å². The van der Waals surface area contributed by atoms with Gasteiger partial charge in [-0.2, -0.15) is 4.31 Å². The Bertz CT molecular complexity index is 1150. The predicted octanol–water partition coefficient (Wildman–Crippen LogP) is 2.61. The van der Waals surface area contributed by atoms with Crippen LogP contribution in [0, 0.1) is 0 Å². The van der Waals surface area contributed by atoms with Crippen LogP contribution in [0.1, 0.15) is 11.5 Å². The molecular formula is C21H20N2O6S. The van der Waals surface area contributed by atoms with E-state index in [1.807, 2.05) is 18.2 Å². The summed E-state index contributed by atoms with van der Waals surface area (Å²) in [7, 11) is -3.60. The lowest BCUT2D eigenvalue weighted by Gasteiger charge is -2.26. The molecule has 4 rings (SSSR count). The van der Waals surface area contributed by atoms with Gasteiger partial charge in [0.05, 0.1) is 18.1 Å². The fourth-order valence-corrected chi connectivity index (χ4v) is 4.51. The Morgan fingerprint density at radius 2 is 1.93 bits per heavy atom.